The van der Waals surface area contributed by atoms with Crippen LogP contribution in [0, 0.1) is 13.8 Å². The maximum atomic E-state index is 2.39. The fourth-order valence-electron chi connectivity index (χ4n) is 2.08. The average Bonchev–Trinajstić information content (AvgIpc) is 2.32. The van der Waals surface area contributed by atoms with Crippen molar-refractivity contribution < 1.29 is 0 Å². The summed E-state index contributed by atoms with van der Waals surface area (Å²) in [5, 5.41) is 1.52. The lowest BCUT2D eigenvalue weighted by molar-refractivity contribution is 1.34. The molecular formula is C17H22Si. The second-order valence-electron chi connectivity index (χ2n) is 6.13. The first-order valence-corrected chi connectivity index (χ1v) is 10.1. The highest BCUT2D eigenvalue weighted by Crippen LogP contribution is 2.21. The van der Waals surface area contributed by atoms with Crippen LogP contribution in [-0.4, -0.2) is 8.07 Å². The van der Waals surface area contributed by atoms with Gasteiger partial charge in [0.2, 0.25) is 0 Å². The van der Waals surface area contributed by atoms with E-state index in [0.717, 1.165) is 0 Å². The van der Waals surface area contributed by atoms with Gasteiger partial charge in [-0.15, -0.1) is 0 Å². The van der Waals surface area contributed by atoms with Gasteiger partial charge in [0.15, 0.2) is 0 Å². The molecule has 0 heterocycles. The Hall–Kier alpha value is -1.34. The van der Waals surface area contributed by atoms with Crippen LogP contribution in [0.5, 0.6) is 0 Å². The van der Waals surface area contributed by atoms with Gasteiger partial charge in [-0.2, -0.15) is 0 Å². The topological polar surface area (TPSA) is 0 Å². The average molecular weight is 254 g/mol. The number of aryl methyl sites for hydroxylation is 2. The molecule has 2 rings (SSSR count). The van der Waals surface area contributed by atoms with E-state index in [0.29, 0.717) is 0 Å². The van der Waals surface area contributed by atoms with Gasteiger partial charge in [0.1, 0.15) is 0 Å². The largest absolute Gasteiger partial charge is 0.0775 e. The fraction of sp³-hybridized carbons (Fsp3) is 0.294. The highest BCUT2D eigenvalue weighted by molar-refractivity contribution is 6.88. The molecule has 0 unspecified atom stereocenters. The van der Waals surface area contributed by atoms with Gasteiger partial charge in [0.25, 0.3) is 0 Å². The molecule has 0 aliphatic carbocycles. The molecule has 2 aromatic rings. The molecule has 0 bridgehead atoms. The summed E-state index contributed by atoms with van der Waals surface area (Å²) in [7, 11) is -1.18. The molecule has 0 aliphatic rings. The van der Waals surface area contributed by atoms with E-state index in [4.69, 9.17) is 0 Å². The monoisotopic (exact) mass is 254 g/mol. The van der Waals surface area contributed by atoms with E-state index in [9.17, 15) is 0 Å². The van der Waals surface area contributed by atoms with E-state index in [1.165, 1.54) is 27.4 Å². The highest BCUT2D eigenvalue weighted by Gasteiger charge is 2.15. The first kappa shape index (κ1) is 13.1. The molecule has 0 amide bonds. The molecule has 2 aromatic carbocycles. The van der Waals surface area contributed by atoms with Gasteiger partial charge in [0.05, 0.1) is 8.07 Å². The van der Waals surface area contributed by atoms with E-state index < -0.39 is 8.07 Å². The number of rotatable bonds is 2. The van der Waals surface area contributed by atoms with Crippen molar-refractivity contribution in [2.24, 2.45) is 0 Å². The Balaban J connectivity index is 2.37. The molecule has 0 spiro atoms. The first-order valence-electron chi connectivity index (χ1n) is 6.56. The van der Waals surface area contributed by atoms with Crippen molar-refractivity contribution in [3.63, 3.8) is 0 Å². The number of hydrogen-bond donors (Lipinski definition) is 0. The summed E-state index contributed by atoms with van der Waals surface area (Å²) in [6, 6.07) is 15.8. The van der Waals surface area contributed by atoms with Gasteiger partial charge in [-0.25, -0.2) is 0 Å². The summed E-state index contributed by atoms with van der Waals surface area (Å²) in [6.07, 6.45) is 0. The van der Waals surface area contributed by atoms with Crippen molar-refractivity contribution >= 4 is 13.3 Å². The molecule has 0 fully saturated rings. The second-order valence-corrected chi connectivity index (χ2v) is 11.2. The van der Waals surface area contributed by atoms with Crippen LogP contribution in [-0.2, 0) is 0 Å². The summed E-state index contributed by atoms with van der Waals surface area (Å²) >= 11 is 0. The molecule has 0 atom stereocenters. The van der Waals surface area contributed by atoms with E-state index in [-0.39, 0.29) is 0 Å². The first-order chi connectivity index (χ1) is 8.38. The molecule has 0 saturated carbocycles. The minimum absolute atomic E-state index is 1.18. The lowest BCUT2D eigenvalue weighted by atomic mass is 10.0. The number of benzene rings is 2. The summed E-state index contributed by atoms with van der Waals surface area (Å²) < 4.78 is 0. The van der Waals surface area contributed by atoms with Crippen LogP contribution in [0.15, 0.2) is 42.5 Å². The molecule has 0 aliphatic heterocycles. The predicted octanol–water partition coefficient (Wildman–Crippen LogP) is 4.52. The van der Waals surface area contributed by atoms with Gasteiger partial charge in [-0.05, 0) is 36.1 Å². The van der Waals surface area contributed by atoms with Crippen LogP contribution in [0.3, 0.4) is 0 Å². The zero-order chi connectivity index (χ0) is 13.3. The zero-order valence-corrected chi connectivity index (χ0v) is 13.0. The van der Waals surface area contributed by atoms with Gasteiger partial charge < -0.3 is 0 Å². The Labute approximate surface area is 112 Å². The summed E-state index contributed by atoms with van der Waals surface area (Å²) in [5.41, 5.74) is 5.36. The highest BCUT2D eigenvalue weighted by atomic mass is 28.3. The quantitative estimate of drug-likeness (QED) is 0.691. The lowest BCUT2D eigenvalue weighted by Gasteiger charge is -2.17. The summed E-state index contributed by atoms with van der Waals surface area (Å²) in [6.45, 7) is 11.5. The van der Waals surface area contributed by atoms with Crippen LogP contribution in [0.4, 0.5) is 0 Å². The molecule has 1 heteroatoms. The van der Waals surface area contributed by atoms with E-state index in [1.54, 1.807) is 0 Å². The molecule has 0 saturated heterocycles. The van der Waals surface area contributed by atoms with E-state index in [2.05, 4.69) is 76.0 Å². The van der Waals surface area contributed by atoms with Gasteiger partial charge >= 0.3 is 0 Å². The Morgan fingerprint density at radius 2 is 1.22 bits per heavy atom. The van der Waals surface area contributed by atoms with Crippen molar-refractivity contribution in [2.45, 2.75) is 33.5 Å². The minimum atomic E-state index is -1.18. The Morgan fingerprint density at radius 3 is 1.72 bits per heavy atom. The van der Waals surface area contributed by atoms with Crippen molar-refractivity contribution in [3.8, 4) is 11.1 Å². The van der Waals surface area contributed by atoms with E-state index in [1.807, 2.05) is 0 Å². The molecule has 18 heavy (non-hydrogen) atoms. The minimum Gasteiger partial charge on any atom is -0.0656 e. The molecule has 0 nitrogen and oxygen atoms in total. The van der Waals surface area contributed by atoms with Crippen LogP contribution in [0.1, 0.15) is 11.1 Å². The summed E-state index contributed by atoms with van der Waals surface area (Å²) in [5.74, 6) is 0. The van der Waals surface area contributed by atoms with Crippen LogP contribution in [0.2, 0.25) is 19.6 Å². The van der Waals surface area contributed by atoms with Crippen molar-refractivity contribution in [1.29, 1.82) is 0 Å². The van der Waals surface area contributed by atoms with Crippen molar-refractivity contribution in [1.82, 2.24) is 0 Å². The molecule has 0 N–H and O–H groups in total. The normalized spacial score (nSPS) is 11.6. The maximum Gasteiger partial charge on any atom is 0.0775 e. The molecular weight excluding hydrogens is 232 g/mol. The third-order valence-corrected chi connectivity index (χ3v) is 5.66. The van der Waals surface area contributed by atoms with Crippen LogP contribution >= 0.6 is 0 Å². The van der Waals surface area contributed by atoms with E-state index >= 15 is 0 Å². The van der Waals surface area contributed by atoms with Gasteiger partial charge in [0, 0.05) is 0 Å². The van der Waals surface area contributed by atoms with Gasteiger partial charge in [-0.3, -0.25) is 0 Å². The second kappa shape index (κ2) is 4.73. The predicted molar refractivity (Wildman–Crippen MR) is 84.3 cm³/mol. The molecule has 0 aromatic heterocycles. The Kier molecular flexibility index (Phi) is 3.44. The molecule has 0 radical (unpaired) electrons. The Bertz CT molecular complexity index is 545. The third kappa shape index (κ3) is 2.73. The zero-order valence-electron chi connectivity index (χ0n) is 12.0. The van der Waals surface area contributed by atoms with Crippen LogP contribution in [0.25, 0.3) is 11.1 Å². The fourth-order valence-corrected chi connectivity index (χ4v) is 3.25. The standard InChI is InChI=1S/C17H22Si/c1-13-6-7-16(12-14(13)2)15-8-10-17(11-9-15)18(3,4)5/h6-12H,1-5H3. The maximum absolute atomic E-state index is 2.39. The lowest BCUT2D eigenvalue weighted by Crippen LogP contribution is -2.37. The van der Waals surface area contributed by atoms with Gasteiger partial charge in [-0.1, -0.05) is 67.3 Å². The van der Waals surface area contributed by atoms with Crippen molar-refractivity contribution in [2.75, 3.05) is 0 Å². The van der Waals surface area contributed by atoms with Crippen LogP contribution < -0.4 is 5.19 Å². The SMILES string of the molecule is Cc1ccc(-c2ccc([Si](C)(C)C)cc2)cc1C. The summed E-state index contributed by atoms with van der Waals surface area (Å²) in [4.78, 5) is 0. The van der Waals surface area contributed by atoms with Crippen molar-refractivity contribution in [3.05, 3.63) is 53.6 Å². The molecule has 94 valence electrons. The third-order valence-electron chi connectivity index (χ3n) is 3.59. The number of hydrogen-bond acceptors (Lipinski definition) is 0. The smallest absolute Gasteiger partial charge is 0.0656 e. The Morgan fingerprint density at radius 1 is 0.667 bits per heavy atom.